The summed E-state index contributed by atoms with van der Waals surface area (Å²) in [5.74, 6) is 1.62. The number of carbonyl (C=O) groups excluding carboxylic acids is 2. The third-order valence-corrected chi connectivity index (χ3v) is 6.40. The van der Waals surface area contributed by atoms with Crippen molar-refractivity contribution in [3.63, 3.8) is 0 Å². The predicted octanol–water partition coefficient (Wildman–Crippen LogP) is 2.50. The van der Waals surface area contributed by atoms with E-state index in [1.807, 2.05) is 29.2 Å². The maximum absolute atomic E-state index is 13.2. The lowest BCUT2D eigenvalue weighted by Crippen LogP contribution is -2.67. The Bertz CT molecular complexity index is 729. The van der Waals surface area contributed by atoms with Crippen LogP contribution < -0.4 is 15.4 Å². The van der Waals surface area contributed by atoms with Crippen molar-refractivity contribution in [2.45, 2.75) is 57.7 Å². The average molecular weight is 422 g/mol. The highest BCUT2D eigenvalue weighted by Gasteiger charge is 2.50. The standard InChI is InChI=1S/C22H31N3O3.ClH/c1-2-10-28-19-8-4-3-6-15(19)14-24-22(27)21-17-11-16(12-23-13-17)18-7-5-9-20(26)25(18)21;/h3-4,6,8,16-18,21,23H,2,5,7,9-14H2,1H3,(H,24,27);1H/t16-,17+,18+,21-;/m1./s1. The molecule has 0 radical (unpaired) electrons. The molecule has 3 aliphatic heterocycles. The molecule has 2 amide bonds. The molecule has 29 heavy (non-hydrogen) atoms. The summed E-state index contributed by atoms with van der Waals surface area (Å²) in [5, 5.41) is 6.59. The Morgan fingerprint density at radius 3 is 2.90 bits per heavy atom. The summed E-state index contributed by atoms with van der Waals surface area (Å²) in [6.07, 6.45) is 4.51. The number of hydrogen-bond donors (Lipinski definition) is 2. The Kier molecular flexibility index (Phi) is 7.41. The van der Waals surface area contributed by atoms with Crippen molar-refractivity contribution in [3.8, 4) is 5.75 Å². The summed E-state index contributed by atoms with van der Waals surface area (Å²) in [4.78, 5) is 27.9. The zero-order chi connectivity index (χ0) is 19.5. The van der Waals surface area contributed by atoms with E-state index in [2.05, 4.69) is 17.6 Å². The Balaban J connectivity index is 0.00000240. The molecular formula is C22H32ClN3O3. The van der Waals surface area contributed by atoms with Crippen LogP contribution in [0.1, 0.15) is 44.6 Å². The van der Waals surface area contributed by atoms with Gasteiger partial charge in [0, 0.05) is 37.0 Å². The summed E-state index contributed by atoms with van der Waals surface area (Å²) < 4.78 is 5.81. The van der Waals surface area contributed by atoms with Crippen LogP contribution in [0.15, 0.2) is 24.3 Å². The number of amides is 2. The van der Waals surface area contributed by atoms with Gasteiger partial charge in [-0.3, -0.25) is 9.59 Å². The molecular weight excluding hydrogens is 390 g/mol. The smallest absolute Gasteiger partial charge is 0.243 e. The van der Waals surface area contributed by atoms with Crippen molar-refractivity contribution >= 4 is 24.2 Å². The van der Waals surface area contributed by atoms with E-state index in [9.17, 15) is 9.59 Å². The highest BCUT2D eigenvalue weighted by Crippen LogP contribution is 2.39. The second-order valence-electron chi connectivity index (χ2n) is 8.29. The SMILES string of the molecule is CCCOc1ccccc1CNC(=O)[C@H]1[C@@H]2CNC[C@@H](C2)[C@@H]2CCCC(=O)N21.Cl. The molecule has 4 rings (SSSR count). The van der Waals surface area contributed by atoms with Gasteiger partial charge in [-0.2, -0.15) is 0 Å². The first-order valence-corrected chi connectivity index (χ1v) is 10.7. The van der Waals surface area contributed by atoms with E-state index < -0.39 is 0 Å². The maximum Gasteiger partial charge on any atom is 0.243 e. The first-order valence-electron chi connectivity index (χ1n) is 10.7. The minimum Gasteiger partial charge on any atom is -0.493 e. The quantitative estimate of drug-likeness (QED) is 0.740. The number of piperidine rings is 3. The molecule has 0 spiro atoms. The van der Waals surface area contributed by atoms with Gasteiger partial charge in [-0.25, -0.2) is 0 Å². The number of fused-ring (bicyclic) bond motifs is 4. The number of para-hydroxylation sites is 1. The molecule has 1 aromatic rings. The van der Waals surface area contributed by atoms with Crippen LogP contribution in [0.4, 0.5) is 0 Å². The van der Waals surface area contributed by atoms with Crippen molar-refractivity contribution in [1.82, 2.24) is 15.5 Å². The van der Waals surface area contributed by atoms with Gasteiger partial charge < -0.3 is 20.3 Å². The molecule has 0 aliphatic carbocycles. The van der Waals surface area contributed by atoms with Crippen LogP contribution >= 0.6 is 12.4 Å². The van der Waals surface area contributed by atoms with E-state index in [4.69, 9.17) is 4.74 Å². The molecule has 160 valence electrons. The van der Waals surface area contributed by atoms with Gasteiger partial charge in [0.05, 0.1) is 6.61 Å². The van der Waals surface area contributed by atoms with Gasteiger partial charge in [0.2, 0.25) is 11.8 Å². The maximum atomic E-state index is 13.2. The lowest BCUT2D eigenvalue weighted by molar-refractivity contribution is -0.157. The second-order valence-corrected chi connectivity index (χ2v) is 8.29. The Morgan fingerprint density at radius 2 is 2.07 bits per heavy atom. The Labute approximate surface area is 179 Å². The minimum atomic E-state index is -0.356. The highest BCUT2D eigenvalue weighted by atomic mass is 35.5. The predicted molar refractivity (Wildman–Crippen MR) is 114 cm³/mol. The summed E-state index contributed by atoms with van der Waals surface area (Å²) in [6, 6.07) is 7.69. The van der Waals surface area contributed by atoms with Crippen LogP contribution in [-0.4, -0.2) is 48.5 Å². The summed E-state index contributed by atoms with van der Waals surface area (Å²) >= 11 is 0. The van der Waals surface area contributed by atoms with Crippen LogP contribution in [0.5, 0.6) is 5.75 Å². The second kappa shape index (κ2) is 9.81. The number of ether oxygens (including phenoxy) is 1. The monoisotopic (exact) mass is 421 g/mol. The van der Waals surface area contributed by atoms with E-state index in [1.165, 1.54) is 0 Å². The Hall–Kier alpha value is -1.79. The largest absolute Gasteiger partial charge is 0.493 e. The van der Waals surface area contributed by atoms with Crippen LogP contribution in [0.3, 0.4) is 0 Å². The van der Waals surface area contributed by atoms with E-state index in [0.717, 1.165) is 50.1 Å². The average Bonchev–Trinajstić information content (AvgIpc) is 2.72. The number of carbonyl (C=O) groups is 2. The number of nitrogens with zero attached hydrogens (tertiary/aromatic N) is 1. The first-order chi connectivity index (χ1) is 13.7. The van der Waals surface area contributed by atoms with Gasteiger partial charge >= 0.3 is 0 Å². The number of hydrogen-bond acceptors (Lipinski definition) is 4. The molecule has 3 saturated heterocycles. The van der Waals surface area contributed by atoms with Gasteiger partial charge in [-0.1, -0.05) is 25.1 Å². The lowest BCUT2D eigenvalue weighted by Gasteiger charge is -2.53. The molecule has 0 saturated carbocycles. The molecule has 7 heteroatoms. The fourth-order valence-electron chi connectivity index (χ4n) is 5.14. The third-order valence-electron chi connectivity index (χ3n) is 6.40. The van der Waals surface area contributed by atoms with E-state index in [1.54, 1.807) is 0 Å². The number of rotatable bonds is 6. The number of halogens is 1. The van der Waals surface area contributed by atoms with Crippen LogP contribution in [0.25, 0.3) is 0 Å². The normalized spacial score (nSPS) is 28.2. The molecule has 1 aromatic carbocycles. The van der Waals surface area contributed by atoms with Crippen LogP contribution in [0, 0.1) is 11.8 Å². The van der Waals surface area contributed by atoms with E-state index in [-0.39, 0.29) is 42.2 Å². The van der Waals surface area contributed by atoms with Gasteiger partial charge in [-0.15, -0.1) is 12.4 Å². The van der Waals surface area contributed by atoms with Crippen molar-refractivity contribution < 1.29 is 14.3 Å². The summed E-state index contributed by atoms with van der Waals surface area (Å²) in [5.41, 5.74) is 0.973. The molecule has 3 heterocycles. The topological polar surface area (TPSA) is 70.7 Å². The van der Waals surface area contributed by atoms with Crippen LogP contribution in [-0.2, 0) is 16.1 Å². The summed E-state index contributed by atoms with van der Waals surface area (Å²) in [7, 11) is 0. The van der Waals surface area contributed by atoms with Crippen molar-refractivity contribution in [2.24, 2.45) is 11.8 Å². The van der Waals surface area contributed by atoms with Crippen LogP contribution in [0.2, 0.25) is 0 Å². The number of benzene rings is 1. The highest BCUT2D eigenvalue weighted by molar-refractivity contribution is 5.89. The molecule has 0 aromatic heterocycles. The fraction of sp³-hybridized carbons (Fsp3) is 0.636. The third kappa shape index (κ3) is 4.53. The molecule has 3 fully saturated rings. The van der Waals surface area contributed by atoms with E-state index in [0.29, 0.717) is 25.5 Å². The molecule has 4 atom stereocenters. The van der Waals surface area contributed by atoms with E-state index >= 15 is 0 Å². The van der Waals surface area contributed by atoms with Crippen molar-refractivity contribution in [2.75, 3.05) is 19.7 Å². The molecule has 3 aliphatic rings. The van der Waals surface area contributed by atoms with Gasteiger partial charge in [0.25, 0.3) is 0 Å². The lowest BCUT2D eigenvalue weighted by atomic mass is 9.72. The number of nitrogens with one attached hydrogen (secondary N) is 2. The molecule has 2 N–H and O–H groups in total. The fourth-order valence-corrected chi connectivity index (χ4v) is 5.14. The Morgan fingerprint density at radius 1 is 1.28 bits per heavy atom. The molecule has 0 unspecified atom stereocenters. The first kappa shape index (κ1) is 21.9. The zero-order valence-electron chi connectivity index (χ0n) is 17.1. The molecule has 2 bridgehead atoms. The summed E-state index contributed by atoms with van der Waals surface area (Å²) in [6.45, 7) is 4.92. The van der Waals surface area contributed by atoms with Gasteiger partial charge in [0.1, 0.15) is 11.8 Å². The van der Waals surface area contributed by atoms with Crippen molar-refractivity contribution in [3.05, 3.63) is 29.8 Å². The minimum absolute atomic E-state index is 0. The van der Waals surface area contributed by atoms with Gasteiger partial charge in [0.15, 0.2) is 0 Å². The van der Waals surface area contributed by atoms with Crippen molar-refractivity contribution in [1.29, 1.82) is 0 Å². The molecule has 6 nitrogen and oxygen atoms in total. The van der Waals surface area contributed by atoms with Gasteiger partial charge in [-0.05, 0) is 44.2 Å². The zero-order valence-corrected chi connectivity index (χ0v) is 17.9.